The quantitative estimate of drug-likeness (QED) is 0.857. The number of nitrogens with one attached hydrogen (secondary N) is 1. The van der Waals surface area contributed by atoms with Gasteiger partial charge in [-0.2, -0.15) is 0 Å². The molecule has 1 aliphatic rings. The predicted molar refractivity (Wildman–Crippen MR) is 74.0 cm³/mol. The van der Waals surface area contributed by atoms with E-state index < -0.39 is 11.5 Å². The van der Waals surface area contributed by atoms with E-state index in [-0.39, 0.29) is 11.2 Å². The summed E-state index contributed by atoms with van der Waals surface area (Å²) in [5, 5.41) is 2.57. The molecule has 0 radical (unpaired) electrons. The first kappa shape index (κ1) is 13.9. The van der Waals surface area contributed by atoms with E-state index in [1.807, 2.05) is 24.3 Å². The second-order valence-electron chi connectivity index (χ2n) is 5.02. The van der Waals surface area contributed by atoms with Gasteiger partial charge in [-0.1, -0.05) is 18.2 Å². The molecule has 1 N–H and O–H groups in total. The maximum Gasteiger partial charge on any atom is 0.330 e. The normalized spacial score (nSPS) is 17.7. The standard InChI is InChI=1S/C14H17NO3S/c1-14(2,13(17)18-3)15-12(16)11-8-9-6-4-5-7-10(9)19-11/h4-7,11H,8H2,1-3H3,(H,15,16). The van der Waals surface area contributed by atoms with Gasteiger partial charge in [0.25, 0.3) is 0 Å². The molecule has 1 atom stereocenters. The number of carbonyl (C=O) groups excluding carboxylic acids is 2. The van der Waals surface area contributed by atoms with Gasteiger partial charge in [-0.05, 0) is 31.9 Å². The summed E-state index contributed by atoms with van der Waals surface area (Å²) in [6.07, 6.45) is 0.698. The second-order valence-corrected chi connectivity index (χ2v) is 6.27. The van der Waals surface area contributed by atoms with Gasteiger partial charge in [0.15, 0.2) is 0 Å². The highest BCUT2D eigenvalue weighted by Gasteiger charge is 2.35. The Bertz CT molecular complexity index is 488. The highest BCUT2D eigenvalue weighted by molar-refractivity contribution is 8.01. The fourth-order valence-corrected chi connectivity index (χ4v) is 3.22. The molecule has 102 valence electrons. The van der Waals surface area contributed by atoms with Gasteiger partial charge < -0.3 is 10.1 Å². The number of carbonyl (C=O) groups is 2. The Morgan fingerprint density at radius 2 is 2.05 bits per heavy atom. The van der Waals surface area contributed by atoms with Crippen LogP contribution < -0.4 is 5.32 Å². The SMILES string of the molecule is COC(=O)C(C)(C)NC(=O)C1Cc2ccccc2S1. The molecule has 2 rings (SSSR count). The Balaban J connectivity index is 2.02. The van der Waals surface area contributed by atoms with Crippen LogP contribution >= 0.6 is 11.8 Å². The molecule has 0 fully saturated rings. The van der Waals surface area contributed by atoms with Crippen molar-refractivity contribution in [2.75, 3.05) is 7.11 Å². The third-order valence-electron chi connectivity index (χ3n) is 3.07. The third kappa shape index (κ3) is 2.92. The molecule has 19 heavy (non-hydrogen) atoms. The monoisotopic (exact) mass is 279 g/mol. The largest absolute Gasteiger partial charge is 0.467 e. The summed E-state index contributed by atoms with van der Waals surface area (Å²) in [5.41, 5.74) is 0.185. The van der Waals surface area contributed by atoms with E-state index in [9.17, 15) is 9.59 Å². The molecule has 1 unspecified atom stereocenters. The smallest absolute Gasteiger partial charge is 0.330 e. The van der Waals surface area contributed by atoms with E-state index >= 15 is 0 Å². The minimum absolute atomic E-state index is 0.128. The maximum atomic E-state index is 12.2. The lowest BCUT2D eigenvalue weighted by atomic mass is 10.0. The molecule has 1 aromatic rings. The zero-order chi connectivity index (χ0) is 14.0. The number of rotatable bonds is 3. The summed E-state index contributed by atoms with van der Waals surface area (Å²) in [6.45, 7) is 3.28. The predicted octanol–water partition coefficient (Wildman–Crippen LogP) is 1.77. The van der Waals surface area contributed by atoms with Gasteiger partial charge in [-0.3, -0.25) is 4.79 Å². The summed E-state index contributed by atoms with van der Waals surface area (Å²) in [5.74, 6) is -0.571. The molecule has 0 bridgehead atoms. The van der Waals surface area contributed by atoms with Gasteiger partial charge >= 0.3 is 5.97 Å². The average molecular weight is 279 g/mol. The number of benzene rings is 1. The van der Waals surface area contributed by atoms with Crippen LogP contribution in [0.4, 0.5) is 0 Å². The zero-order valence-corrected chi connectivity index (χ0v) is 12.0. The van der Waals surface area contributed by atoms with Crippen LogP contribution in [0.3, 0.4) is 0 Å². The number of thioether (sulfide) groups is 1. The van der Waals surface area contributed by atoms with E-state index in [4.69, 9.17) is 0 Å². The molecule has 0 saturated heterocycles. The molecule has 1 amide bonds. The molecule has 4 nitrogen and oxygen atoms in total. The molecule has 1 aliphatic heterocycles. The summed E-state index contributed by atoms with van der Waals surface area (Å²) < 4.78 is 4.68. The van der Waals surface area contributed by atoms with Crippen molar-refractivity contribution in [2.45, 2.75) is 36.0 Å². The Labute approximate surface area is 116 Å². The summed E-state index contributed by atoms with van der Waals surface area (Å²) >= 11 is 1.54. The molecule has 0 spiro atoms. The number of fused-ring (bicyclic) bond motifs is 1. The van der Waals surface area contributed by atoms with E-state index in [1.165, 1.54) is 12.7 Å². The van der Waals surface area contributed by atoms with Crippen molar-refractivity contribution in [2.24, 2.45) is 0 Å². The molecular weight excluding hydrogens is 262 g/mol. The van der Waals surface area contributed by atoms with Crippen LogP contribution in [0, 0.1) is 0 Å². The topological polar surface area (TPSA) is 55.4 Å². The average Bonchev–Trinajstić information content (AvgIpc) is 2.81. The van der Waals surface area contributed by atoms with Gasteiger partial charge in [0.05, 0.1) is 12.4 Å². The Hall–Kier alpha value is -1.49. The maximum absolute atomic E-state index is 12.2. The van der Waals surface area contributed by atoms with Gasteiger partial charge in [0.1, 0.15) is 5.54 Å². The van der Waals surface area contributed by atoms with E-state index in [0.29, 0.717) is 6.42 Å². The summed E-state index contributed by atoms with van der Waals surface area (Å²) in [4.78, 5) is 24.9. The molecule has 0 aromatic heterocycles. The number of hydrogen-bond donors (Lipinski definition) is 1. The Kier molecular flexibility index (Phi) is 3.85. The van der Waals surface area contributed by atoms with Gasteiger partial charge in [-0.15, -0.1) is 11.8 Å². The molecule has 1 aromatic carbocycles. The van der Waals surface area contributed by atoms with Crippen molar-refractivity contribution in [3.8, 4) is 0 Å². The van der Waals surface area contributed by atoms with Crippen molar-refractivity contribution < 1.29 is 14.3 Å². The van der Waals surface area contributed by atoms with Crippen molar-refractivity contribution in [1.29, 1.82) is 0 Å². The van der Waals surface area contributed by atoms with E-state index in [0.717, 1.165) is 4.90 Å². The van der Waals surface area contributed by atoms with Gasteiger partial charge in [0.2, 0.25) is 5.91 Å². The first-order chi connectivity index (χ1) is 8.94. The molecular formula is C14H17NO3S. The minimum atomic E-state index is -0.999. The van der Waals surface area contributed by atoms with E-state index in [2.05, 4.69) is 10.1 Å². The van der Waals surface area contributed by atoms with Crippen LogP contribution in [0.5, 0.6) is 0 Å². The van der Waals surface area contributed by atoms with Gasteiger partial charge in [0, 0.05) is 4.90 Å². The molecule has 0 saturated carbocycles. The number of ether oxygens (including phenoxy) is 1. The Morgan fingerprint density at radius 3 is 2.68 bits per heavy atom. The third-order valence-corrected chi connectivity index (χ3v) is 4.39. The highest BCUT2D eigenvalue weighted by Crippen LogP contribution is 2.36. The van der Waals surface area contributed by atoms with Crippen molar-refractivity contribution >= 4 is 23.6 Å². The van der Waals surface area contributed by atoms with Crippen LogP contribution in [0.2, 0.25) is 0 Å². The second kappa shape index (κ2) is 5.25. The lowest BCUT2D eigenvalue weighted by molar-refractivity contribution is -0.149. The van der Waals surface area contributed by atoms with Crippen LogP contribution in [0.15, 0.2) is 29.2 Å². The molecule has 5 heteroatoms. The summed E-state index contributed by atoms with van der Waals surface area (Å²) in [7, 11) is 1.32. The first-order valence-corrected chi connectivity index (χ1v) is 6.97. The summed E-state index contributed by atoms with van der Waals surface area (Å²) in [6, 6.07) is 7.97. The molecule has 1 heterocycles. The van der Waals surface area contributed by atoms with Crippen molar-refractivity contribution in [3.63, 3.8) is 0 Å². The number of methoxy groups -OCH3 is 1. The fourth-order valence-electron chi connectivity index (χ4n) is 2.02. The minimum Gasteiger partial charge on any atom is -0.467 e. The highest BCUT2D eigenvalue weighted by atomic mass is 32.2. The van der Waals surface area contributed by atoms with Crippen molar-refractivity contribution in [3.05, 3.63) is 29.8 Å². The number of amides is 1. The number of hydrogen-bond acceptors (Lipinski definition) is 4. The zero-order valence-electron chi connectivity index (χ0n) is 11.2. The lowest BCUT2D eigenvalue weighted by Crippen LogP contribution is -2.52. The van der Waals surface area contributed by atoms with Crippen LogP contribution in [0.25, 0.3) is 0 Å². The first-order valence-electron chi connectivity index (χ1n) is 6.09. The van der Waals surface area contributed by atoms with Crippen molar-refractivity contribution in [1.82, 2.24) is 5.32 Å². The van der Waals surface area contributed by atoms with Crippen LogP contribution in [0.1, 0.15) is 19.4 Å². The van der Waals surface area contributed by atoms with Crippen LogP contribution in [-0.4, -0.2) is 29.8 Å². The van der Waals surface area contributed by atoms with E-state index in [1.54, 1.807) is 25.6 Å². The lowest BCUT2D eigenvalue weighted by Gasteiger charge is -2.24. The van der Waals surface area contributed by atoms with Gasteiger partial charge in [-0.25, -0.2) is 4.79 Å². The Morgan fingerprint density at radius 1 is 1.37 bits per heavy atom. The van der Waals surface area contributed by atoms with Crippen LogP contribution in [-0.2, 0) is 20.7 Å². The molecule has 0 aliphatic carbocycles. The fraction of sp³-hybridized carbons (Fsp3) is 0.429. The number of esters is 1.